The van der Waals surface area contributed by atoms with E-state index in [1.165, 1.54) is 30.3 Å². The van der Waals surface area contributed by atoms with Crippen LogP contribution in [-0.4, -0.2) is 22.8 Å². The number of carbonyl (C=O) groups is 2. The van der Waals surface area contributed by atoms with Gasteiger partial charge in [0, 0.05) is 11.3 Å². The summed E-state index contributed by atoms with van der Waals surface area (Å²) in [5.41, 5.74) is 0.0409. The summed E-state index contributed by atoms with van der Waals surface area (Å²) in [7, 11) is 0. The minimum atomic E-state index is -1.18. The monoisotopic (exact) mass is 331 g/mol. The fourth-order valence-electron chi connectivity index (χ4n) is 2.10. The van der Waals surface area contributed by atoms with E-state index in [0.717, 1.165) is 0 Å². The first-order chi connectivity index (χ1) is 11.2. The van der Waals surface area contributed by atoms with Crippen molar-refractivity contribution in [3.63, 3.8) is 0 Å². The quantitative estimate of drug-likeness (QED) is 0.866. The summed E-state index contributed by atoms with van der Waals surface area (Å²) in [5, 5.41) is 11.7. The van der Waals surface area contributed by atoms with Crippen molar-refractivity contribution in [1.82, 2.24) is 0 Å². The van der Waals surface area contributed by atoms with E-state index in [1.807, 2.05) is 0 Å². The fraction of sp³-hybridized carbons (Fsp3) is 0.222. The van der Waals surface area contributed by atoms with Crippen molar-refractivity contribution in [2.75, 3.05) is 5.32 Å². The highest BCUT2D eigenvalue weighted by Gasteiger charge is 2.17. The Labute approximate surface area is 139 Å². The average Bonchev–Trinajstić information content (AvgIpc) is 2.45. The summed E-state index contributed by atoms with van der Waals surface area (Å²) in [5.74, 6) is -1.66. The number of aromatic carboxylic acids is 1. The number of rotatable bonds is 3. The highest BCUT2D eigenvalue weighted by Crippen LogP contribution is 2.27. The predicted octanol–water partition coefficient (Wildman–Crippen LogP) is 4.54. The van der Waals surface area contributed by atoms with Crippen LogP contribution in [0.4, 0.5) is 14.9 Å². The third kappa shape index (κ3) is 4.55. The van der Waals surface area contributed by atoms with E-state index in [9.17, 15) is 19.1 Å². The van der Waals surface area contributed by atoms with Crippen LogP contribution in [-0.2, 0) is 4.74 Å². The van der Waals surface area contributed by atoms with E-state index in [4.69, 9.17) is 4.74 Å². The minimum Gasteiger partial charge on any atom is -0.478 e. The van der Waals surface area contributed by atoms with Gasteiger partial charge in [-0.2, -0.15) is 0 Å². The molecular weight excluding hydrogens is 313 g/mol. The minimum absolute atomic E-state index is 0.0678. The lowest BCUT2D eigenvalue weighted by molar-refractivity contribution is 0.0633. The second kappa shape index (κ2) is 6.70. The molecule has 2 aromatic rings. The Balaban J connectivity index is 2.41. The van der Waals surface area contributed by atoms with Gasteiger partial charge in [0.25, 0.3) is 0 Å². The van der Waals surface area contributed by atoms with Crippen LogP contribution in [0, 0.1) is 5.82 Å². The number of carboxylic acid groups (broad SMARTS) is 1. The maximum atomic E-state index is 14.0. The Bertz CT molecular complexity index is 781. The zero-order valence-electron chi connectivity index (χ0n) is 13.6. The molecule has 0 unspecified atom stereocenters. The largest absolute Gasteiger partial charge is 0.478 e. The average molecular weight is 331 g/mol. The van der Waals surface area contributed by atoms with E-state index < -0.39 is 23.5 Å². The molecule has 0 spiro atoms. The summed E-state index contributed by atoms with van der Waals surface area (Å²) in [6.07, 6.45) is -0.718. The number of carbonyl (C=O) groups excluding carboxylic acids is 1. The molecule has 0 saturated carbocycles. The lowest BCUT2D eigenvalue weighted by Gasteiger charge is -2.20. The molecule has 0 fully saturated rings. The van der Waals surface area contributed by atoms with Crippen LogP contribution in [0.1, 0.15) is 31.1 Å². The first-order valence-corrected chi connectivity index (χ1v) is 7.29. The molecule has 0 saturated heterocycles. The Morgan fingerprint density at radius 1 is 1.12 bits per heavy atom. The number of benzene rings is 2. The molecule has 0 bridgehead atoms. The van der Waals surface area contributed by atoms with Gasteiger partial charge in [-0.15, -0.1) is 0 Å². The second-order valence-electron chi connectivity index (χ2n) is 6.21. The van der Waals surface area contributed by atoms with Crippen LogP contribution in [0.15, 0.2) is 42.5 Å². The fourth-order valence-corrected chi connectivity index (χ4v) is 2.10. The van der Waals surface area contributed by atoms with E-state index in [2.05, 4.69) is 5.32 Å². The molecule has 0 aliphatic rings. The summed E-state index contributed by atoms with van der Waals surface area (Å²) < 4.78 is 19.1. The van der Waals surface area contributed by atoms with Gasteiger partial charge in [-0.3, -0.25) is 5.32 Å². The van der Waals surface area contributed by atoms with Gasteiger partial charge >= 0.3 is 12.1 Å². The first-order valence-electron chi connectivity index (χ1n) is 7.29. The highest BCUT2D eigenvalue weighted by atomic mass is 19.1. The van der Waals surface area contributed by atoms with Crippen molar-refractivity contribution in [2.45, 2.75) is 26.4 Å². The van der Waals surface area contributed by atoms with Crippen molar-refractivity contribution in [3.8, 4) is 11.1 Å². The summed E-state index contributed by atoms with van der Waals surface area (Å²) >= 11 is 0. The standard InChI is InChI=1S/C18H18FNO4/c1-18(2,3)24-17(23)20-13-9-11(8-12(10-13)16(21)22)14-6-4-5-7-15(14)19/h4-10H,1-3H3,(H,20,23)(H,21,22). The Morgan fingerprint density at radius 2 is 1.79 bits per heavy atom. The lowest BCUT2D eigenvalue weighted by atomic mass is 10.0. The van der Waals surface area contributed by atoms with Crippen LogP contribution in [0.3, 0.4) is 0 Å². The Morgan fingerprint density at radius 3 is 2.38 bits per heavy atom. The van der Waals surface area contributed by atoms with Crippen LogP contribution in [0.5, 0.6) is 0 Å². The number of amides is 1. The molecule has 0 radical (unpaired) electrons. The normalized spacial score (nSPS) is 11.0. The van der Waals surface area contributed by atoms with Crippen LogP contribution >= 0.6 is 0 Å². The molecule has 24 heavy (non-hydrogen) atoms. The zero-order valence-corrected chi connectivity index (χ0v) is 13.6. The van der Waals surface area contributed by atoms with Crippen molar-refractivity contribution < 1.29 is 23.8 Å². The molecule has 0 atom stereocenters. The SMILES string of the molecule is CC(C)(C)OC(=O)Nc1cc(C(=O)O)cc(-c2ccccc2F)c1. The van der Waals surface area contributed by atoms with Gasteiger partial charge in [-0.05, 0) is 50.6 Å². The van der Waals surface area contributed by atoms with Gasteiger partial charge < -0.3 is 9.84 Å². The molecule has 0 aliphatic carbocycles. The molecule has 2 rings (SSSR count). The summed E-state index contributed by atoms with van der Waals surface area (Å²) in [6, 6.07) is 10.1. The number of hydrogen-bond donors (Lipinski definition) is 2. The molecule has 0 aliphatic heterocycles. The van der Waals surface area contributed by atoms with E-state index in [-0.39, 0.29) is 16.8 Å². The van der Waals surface area contributed by atoms with Crippen LogP contribution in [0.2, 0.25) is 0 Å². The van der Waals surface area contributed by atoms with Gasteiger partial charge in [-0.25, -0.2) is 14.0 Å². The third-order valence-electron chi connectivity index (χ3n) is 3.01. The van der Waals surface area contributed by atoms with Crippen molar-refractivity contribution in [1.29, 1.82) is 0 Å². The molecule has 0 aromatic heterocycles. The zero-order chi connectivity index (χ0) is 17.9. The number of carboxylic acids is 1. The molecule has 5 nitrogen and oxygen atoms in total. The van der Waals surface area contributed by atoms with Crippen molar-refractivity contribution >= 4 is 17.7 Å². The number of anilines is 1. The number of halogens is 1. The number of ether oxygens (including phenoxy) is 1. The molecule has 1 amide bonds. The van der Waals surface area contributed by atoms with Crippen LogP contribution in [0.25, 0.3) is 11.1 Å². The second-order valence-corrected chi connectivity index (χ2v) is 6.21. The van der Waals surface area contributed by atoms with E-state index in [1.54, 1.807) is 32.9 Å². The summed E-state index contributed by atoms with van der Waals surface area (Å²) in [6.45, 7) is 5.14. The van der Waals surface area contributed by atoms with E-state index in [0.29, 0.717) is 5.56 Å². The smallest absolute Gasteiger partial charge is 0.412 e. The molecule has 2 aromatic carbocycles. The van der Waals surface area contributed by atoms with Gasteiger partial charge in [0.05, 0.1) is 5.56 Å². The van der Waals surface area contributed by atoms with Crippen LogP contribution < -0.4 is 5.32 Å². The molecule has 126 valence electrons. The van der Waals surface area contributed by atoms with E-state index >= 15 is 0 Å². The van der Waals surface area contributed by atoms with Crippen molar-refractivity contribution in [2.24, 2.45) is 0 Å². The molecular formula is C18H18FNO4. The number of hydrogen-bond acceptors (Lipinski definition) is 3. The maximum absolute atomic E-state index is 14.0. The van der Waals surface area contributed by atoms with Gasteiger partial charge in [-0.1, -0.05) is 18.2 Å². The summed E-state index contributed by atoms with van der Waals surface area (Å²) in [4.78, 5) is 23.2. The topological polar surface area (TPSA) is 75.6 Å². The lowest BCUT2D eigenvalue weighted by Crippen LogP contribution is -2.27. The predicted molar refractivity (Wildman–Crippen MR) is 88.7 cm³/mol. The Kier molecular flexibility index (Phi) is 4.87. The highest BCUT2D eigenvalue weighted by molar-refractivity contribution is 5.94. The third-order valence-corrected chi connectivity index (χ3v) is 3.01. The Hall–Kier alpha value is -2.89. The number of nitrogens with one attached hydrogen (secondary N) is 1. The molecule has 0 heterocycles. The first kappa shape index (κ1) is 17.5. The van der Waals surface area contributed by atoms with Gasteiger partial charge in [0.1, 0.15) is 11.4 Å². The maximum Gasteiger partial charge on any atom is 0.412 e. The molecule has 6 heteroatoms. The molecule has 2 N–H and O–H groups in total. The van der Waals surface area contributed by atoms with Gasteiger partial charge in [0.15, 0.2) is 0 Å². The van der Waals surface area contributed by atoms with Crippen molar-refractivity contribution in [3.05, 3.63) is 53.8 Å². The van der Waals surface area contributed by atoms with Gasteiger partial charge in [0.2, 0.25) is 0 Å².